The van der Waals surface area contributed by atoms with Crippen LogP contribution in [-0.2, 0) is 11.3 Å². The fraction of sp³-hybridized carbons (Fsp3) is 0.364. The number of nitrogens with one attached hydrogen (secondary N) is 2. The van der Waals surface area contributed by atoms with E-state index in [1.54, 1.807) is 26.1 Å². The molecular formula is C22H24F3N5O3. The summed E-state index contributed by atoms with van der Waals surface area (Å²) in [5, 5.41) is 14.8. The second kappa shape index (κ2) is 9.47. The van der Waals surface area contributed by atoms with Gasteiger partial charge in [-0.25, -0.2) is 9.78 Å². The maximum absolute atomic E-state index is 12.5. The minimum absolute atomic E-state index is 0.0426. The van der Waals surface area contributed by atoms with Crippen molar-refractivity contribution in [2.45, 2.75) is 39.5 Å². The Hall–Kier alpha value is -3.63. The van der Waals surface area contributed by atoms with Crippen LogP contribution in [0, 0.1) is 5.92 Å². The number of alkyl halides is 3. The molecule has 0 aliphatic rings. The SMILES string of the molecule is CCn1cc(-c2cncc(NC(C(=O)NCC(F)(F)F)C(C)C)c2)c2cc(C(=O)O)cnc21. The first-order valence-corrected chi connectivity index (χ1v) is 10.3. The van der Waals surface area contributed by atoms with Gasteiger partial charge in [-0.15, -0.1) is 0 Å². The molecule has 3 N–H and O–H groups in total. The van der Waals surface area contributed by atoms with E-state index in [2.05, 4.69) is 15.3 Å². The van der Waals surface area contributed by atoms with E-state index in [1.807, 2.05) is 23.0 Å². The van der Waals surface area contributed by atoms with Crippen molar-refractivity contribution < 1.29 is 27.9 Å². The number of carbonyl (C=O) groups is 2. The number of anilines is 1. The molecule has 176 valence electrons. The van der Waals surface area contributed by atoms with E-state index in [4.69, 9.17) is 0 Å². The van der Waals surface area contributed by atoms with Crippen LogP contribution >= 0.6 is 0 Å². The van der Waals surface area contributed by atoms with Crippen molar-refractivity contribution in [3.05, 3.63) is 42.5 Å². The summed E-state index contributed by atoms with van der Waals surface area (Å²) >= 11 is 0. The molecule has 1 unspecified atom stereocenters. The van der Waals surface area contributed by atoms with E-state index in [0.29, 0.717) is 34.4 Å². The normalized spacial score (nSPS) is 12.7. The Kier molecular flexibility index (Phi) is 6.89. The lowest BCUT2D eigenvalue weighted by Gasteiger charge is -2.23. The summed E-state index contributed by atoms with van der Waals surface area (Å²) in [6, 6.07) is 2.33. The number of amides is 1. The number of hydrogen-bond acceptors (Lipinski definition) is 5. The third-order valence-electron chi connectivity index (χ3n) is 5.09. The van der Waals surface area contributed by atoms with Crippen LogP contribution in [0.1, 0.15) is 31.1 Å². The second-order valence-electron chi connectivity index (χ2n) is 7.89. The van der Waals surface area contributed by atoms with Crippen molar-refractivity contribution in [1.29, 1.82) is 0 Å². The zero-order valence-electron chi connectivity index (χ0n) is 18.3. The van der Waals surface area contributed by atoms with Crippen LogP contribution in [-0.4, -0.2) is 50.3 Å². The molecule has 0 spiro atoms. The van der Waals surface area contributed by atoms with E-state index in [9.17, 15) is 27.9 Å². The van der Waals surface area contributed by atoms with Crippen molar-refractivity contribution in [2.24, 2.45) is 5.92 Å². The lowest BCUT2D eigenvalue weighted by Crippen LogP contribution is -2.46. The van der Waals surface area contributed by atoms with Gasteiger partial charge in [0, 0.05) is 47.8 Å². The lowest BCUT2D eigenvalue weighted by atomic mass is 10.0. The maximum atomic E-state index is 12.5. The first-order chi connectivity index (χ1) is 15.5. The number of halogens is 3. The Balaban J connectivity index is 1.94. The van der Waals surface area contributed by atoms with Crippen LogP contribution in [0.3, 0.4) is 0 Å². The molecule has 3 heterocycles. The highest BCUT2D eigenvalue weighted by Gasteiger charge is 2.30. The summed E-state index contributed by atoms with van der Waals surface area (Å²) in [6.45, 7) is 4.56. The van der Waals surface area contributed by atoms with Gasteiger partial charge in [-0.05, 0) is 25.0 Å². The summed E-state index contributed by atoms with van der Waals surface area (Å²) < 4.78 is 39.4. The largest absolute Gasteiger partial charge is 0.478 e. The van der Waals surface area contributed by atoms with Gasteiger partial charge in [-0.2, -0.15) is 13.2 Å². The highest BCUT2D eigenvalue weighted by Crippen LogP contribution is 2.31. The number of hydrogen-bond donors (Lipinski definition) is 3. The number of rotatable bonds is 8. The molecule has 0 aliphatic carbocycles. The fourth-order valence-corrected chi connectivity index (χ4v) is 3.44. The molecule has 0 saturated heterocycles. The Morgan fingerprint density at radius 1 is 1.18 bits per heavy atom. The molecule has 0 aromatic carbocycles. The van der Waals surface area contributed by atoms with Gasteiger partial charge in [-0.1, -0.05) is 13.8 Å². The topological polar surface area (TPSA) is 109 Å². The summed E-state index contributed by atoms with van der Waals surface area (Å²) in [4.78, 5) is 32.2. The predicted octanol–water partition coefficient (Wildman–Crippen LogP) is 3.93. The summed E-state index contributed by atoms with van der Waals surface area (Å²) in [6.07, 6.45) is 1.68. The van der Waals surface area contributed by atoms with Crippen molar-refractivity contribution in [3.8, 4) is 11.1 Å². The van der Waals surface area contributed by atoms with E-state index < -0.39 is 30.6 Å². The standard InChI is InChI=1S/C22H24F3N5O3/c1-4-30-10-17(16-6-14(21(32)33)8-27-19(16)30)13-5-15(9-26-7-13)29-18(12(2)3)20(31)28-11-22(23,24)25/h5-10,12,18,29H,4,11H2,1-3H3,(H,28,31)(H,32,33). The summed E-state index contributed by atoms with van der Waals surface area (Å²) in [7, 11) is 0. The van der Waals surface area contributed by atoms with Gasteiger partial charge in [0.15, 0.2) is 0 Å². The lowest BCUT2D eigenvalue weighted by molar-refractivity contribution is -0.139. The number of nitrogens with zero attached hydrogens (tertiary/aromatic N) is 3. The highest BCUT2D eigenvalue weighted by atomic mass is 19.4. The average molecular weight is 463 g/mol. The Morgan fingerprint density at radius 2 is 1.91 bits per heavy atom. The van der Waals surface area contributed by atoms with Gasteiger partial charge >= 0.3 is 12.1 Å². The van der Waals surface area contributed by atoms with E-state index in [0.717, 1.165) is 0 Å². The average Bonchev–Trinajstić information content (AvgIpc) is 3.13. The minimum atomic E-state index is -4.50. The van der Waals surface area contributed by atoms with Crippen LogP contribution in [0.15, 0.2) is 36.9 Å². The predicted molar refractivity (Wildman–Crippen MR) is 117 cm³/mol. The zero-order chi connectivity index (χ0) is 24.3. The van der Waals surface area contributed by atoms with Crippen LogP contribution < -0.4 is 10.6 Å². The highest BCUT2D eigenvalue weighted by molar-refractivity contribution is 5.99. The van der Waals surface area contributed by atoms with Gasteiger partial charge in [0.25, 0.3) is 0 Å². The van der Waals surface area contributed by atoms with Crippen LogP contribution in [0.25, 0.3) is 22.2 Å². The molecule has 3 rings (SSSR count). The van der Waals surface area contributed by atoms with E-state index in [-0.39, 0.29) is 11.5 Å². The molecule has 0 fully saturated rings. The molecule has 3 aromatic rings. The smallest absolute Gasteiger partial charge is 0.405 e. The number of carbonyl (C=O) groups excluding carboxylic acids is 1. The fourth-order valence-electron chi connectivity index (χ4n) is 3.44. The molecule has 8 nitrogen and oxygen atoms in total. The zero-order valence-corrected chi connectivity index (χ0v) is 18.3. The van der Waals surface area contributed by atoms with Crippen molar-refractivity contribution in [1.82, 2.24) is 19.9 Å². The molecule has 3 aromatic heterocycles. The Labute approximate surface area is 187 Å². The number of aromatic carboxylic acids is 1. The third-order valence-corrected chi connectivity index (χ3v) is 5.09. The number of carboxylic acid groups (broad SMARTS) is 1. The van der Waals surface area contributed by atoms with Crippen molar-refractivity contribution >= 4 is 28.6 Å². The first-order valence-electron chi connectivity index (χ1n) is 10.3. The second-order valence-corrected chi connectivity index (χ2v) is 7.89. The van der Waals surface area contributed by atoms with Gasteiger partial charge in [0.05, 0.1) is 11.3 Å². The van der Waals surface area contributed by atoms with E-state index >= 15 is 0 Å². The molecule has 0 aliphatic heterocycles. The number of carboxylic acids is 1. The molecular weight excluding hydrogens is 439 g/mol. The molecule has 0 bridgehead atoms. The monoisotopic (exact) mass is 463 g/mol. The van der Waals surface area contributed by atoms with Crippen LogP contribution in [0.5, 0.6) is 0 Å². The summed E-state index contributed by atoms with van der Waals surface area (Å²) in [5.74, 6) is -2.17. The minimum Gasteiger partial charge on any atom is -0.478 e. The molecule has 0 saturated carbocycles. The third kappa shape index (κ3) is 5.60. The number of fused-ring (bicyclic) bond motifs is 1. The molecule has 33 heavy (non-hydrogen) atoms. The number of pyridine rings is 2. The Bertz CT molecular complexity index is 1170. The maximum Gasteiger partial charge on any atom is 0.405 e. The molecule has 11 heteroatoms. The van der Waals surface area contributed by atoms with Crippen LogP contribution in [0.2, 0.25) is 0 Å². The van der Waals surface area contributed by atoms with Gasteiger partial charge in [-0.3, -0.25) is 9.78 Å². The van der Waals surface area contributed by atoms with Gasteiger partial charge in [0.2, 0.25) is 5.91 Å². The van der Waals surface area contributed by atoms with Crippen molar-refractivity contribution in [2.75, 3.05) is 11.9 Å². The van der Waals surface area contributed by atoms with Crippen molar-refractivity contribution in [3.63, 3.8) is 0 Å². The Morgan fingerprint density at radius 3 is 2.52 bits per heavy atom. The molecule has 0 radical (unpaired) electrons. The number of aryl methyl sites for hydroxylation is 1. The number of aromatic nitrogens is 3. The van der Waals surface area contributed by atoms with E-state index in [1.165, 1.54) is 18.5 Å². The first kappa shape index (κ1) is 24.0. The molecule has 1 atom stereocenters. The quantitative estimate of drug-likeness (QED) is 0.467. The van der Waals surface area contributed by atoms with Crippen LogP contribution in [0.4, 0.5) is 18.9 Å². The molecule has 1 amide bonds. The summed E-state index contributed by atoms with van der Waals surface area (Å²) in [5.41, 5.74) is 2.43. The van der Waals surface area contributed by atoms with Gasteiger partial charge in [0.1, 0.15) is 18.2 Å². The van der Waals surface area contributed by atoms with Gasteiger partial charge < -0.3 is 20.3 Å².